The van der Waals surface area contributed by atoms with Crippen molar-refractivity contribution < 1.29 is 14.6 Å². The highest BCUT2D eigenvalue weighted by atomic mass is 16.5. The molecule has 2 N–H and O–H groups in total. The van der Waals surface area contributed by atoms with Crippen LogP contribution < -0.4 is 5.32 Å². The summed E-state index contributed by atoms with van der Waals surface area (Å²) in [7, 11) is 1.60. The third-order valence-electron chi connectivity index (χ3n) is 2.03. The number of aliphatic carboxylic acids is 1. The van der Waals surface area contributed by atoms with Gasteiger partial charge < -0.3 is 9.84 Å². The van der Waals surface area contributed by atoms with Crippen molar-refractivity contribution >= 4 is 5.97 Å². The zero-order valence-electron chi connectivity index (χ0n) is 8.64. The third kappa shape index (κ3) is 4.10. The van der Waals surface area contributed by atoms with Gasteiger partial charge in [0.25, 0.3) is 0 Å². The molecule has 0 saturated carbocycles. The van der Waals surface area contributed by atoms with Crippen LogP contribution in [-0.2, 0) is 9.53 Å². The van der Waals surface area contributed by atoms with Gasteiger partial charge in [-0.2, -0.15) is 0 Å². The van der Waals surface area contributed by atoms with Crippen LogP contribution in [0, 0.1) is 0 Å². The van der Waals surface area contributed by atoms with Crippen molar-refractivity contribution in [1.82, 2.24) is 5.32 Å². The SMILES string of the molecule is COCC(NCC(=O)O)c1ccccc1. The van der Waals surface area contributed by atoms with Gasteiger partial charge in [0.05, 0.1) is 19.2 Å². The highest BCUT2D eigenvalue weighted by molar-refractivity contribution is 5.69. The Hall–Kier alpha value is -1.39. The Kier molecular flexibility index (Phi) is 4.80. The highest BCUT2D eigenvalue weighted by Gasteiger charge is 2.11. The fraction of sp³-hybridized carbons (Fsp3) is 0.364. The topological polar surface area (TPSA) is 58.6 Å². The van der Waals surface area contributed by atoms with Crippen molar-refractivity contribution in [1.29, 1.82) is 0 Å². The molecule has 0 aliphatic rings. The zero-order valence-corrected chi connectivity index (χ0v) is 8.64. The van der Waals surface area contributed by atoms with Crippen molar-refractivity contribution in [2.45, 2.75) is 6.04 Å². The zero-order chi connectivity index (χ0) is 11.1. The standard InChI is InChI=1S/C11H15NO3/c1-15-8-10(12-7-11(13)14)9-5-3-2-4-6-9/h2-6,10,12H,7-8H2,1H3,(H,13,14). The van der Waals surface area contributed by atoms with E-state index < -0.39 is 5.97 Å². The molecular formula is C11H15NO3. The van der Waals surface area contributed by atoms with E-state index in [2.05, 4.69) is 5.32 Å². The minimum absolute atomic E-state index is 0.0665. The summed E-state index contributed by atoms with van der Waals surface area (Å²) in [5, 5.41) is 11.5. The summed E-state index contributed by atoms with van der Waals surface area (Å²) in [6.45, 7) is 0.389. The van der Waals surface area contributed by atoms with E-state index in [1.54, 1.807) is 7.11 Å². The number of carbonyl (C=O) groups is 1. The molecule has 0 bridgehead atoms. The lowest BCUT2D eigenvalue weighted by Gasteiger charge is -2.16. The molecule has 15 heavy (non-hydrogen) atoms. The minimum atomic E-state index is -0.868. The summed E-state index contributed by atoms with van der Waals surface area (Å²) in [6.07, 6.45) is 0. The van der Waals surface area contributed by atoms with Crippen molar-refractivity contribution in [2.75, 3.05) is 20.3 Å². The van der Waals surface area contributed by atoms with Crippen LogP contribution >= 0.6 is 0 Å². The van der Waals surface area contributed by atoms with Crippen LogP contribution in [0.5, 0.6) is 0 Å². The first-order valence-electron chi connectivity index (χ1n) is 4.73. The molecule has 0 saturated heterocycles. The van der Waals surface area contributed by atoms with Gasteiger partial charge in [0.15, 0.2) is 0 Å². The van der Waals surface area contributed by atoms with Crippen LogP contribution in [0.1, 0.15) is 11.6 Å². The maximum atomic E-state index is 10.4. The maximum absolute atomic E-state index is 10.4. The van der Waals surface area contributed by atoms with E-state index in [1.165, 1.54) is 0 Å². The predicted octanol–water partition coefficient (Wildman–Crippen LogP) is 1.05. The molecule has 82 valence electrons. The molecule has 0 aliphatic carbocycles. The first-order valence-corrected chi connectivity index (χ1v) is 4.73. The molecule has 0 aromatic heterocycles. The first kappa shape index (κ1) is 11.7. The van der Waals surface area contributed by atoms with E-state index in [4.69, 9.17) is 9.84 Å². The summed E-state index contributed by atoms with van der Waals surface area (Å²) in [6, 6.07) is 9.56. The lowest BCUT2D eigenvalue weighted by molar-refractivity contribution is -0.136. The normalized spacial score (nSPS) is 12.3. The Bertz CT molecular complexity index is 300. The highest BCUT2D eigenvalue weighted by Crippen LogP contribution is 2.11. The molecule has 1 aromatic rings. The lowest BCUT2D eigenvalue weighted by atomic mass is 10.1. The van der Waals surface area contributed by atoms with Crippen molar-refractivity contribution in [3.05, 3.63) is 35.9 Å². The second-order valence-electron chi connectivity index (χ2n) is 3.19. The van der Waals surface area contributed by atoms with Gasteiger partial charge in [0.1, 0.15) is 0 Å². The fourth-order valence-corrected chi connectivity index (χ4v) is 1.34. The van der Waals surface area contributed by atoms with Gasteiger partial charge in [-0.3, -0.25) is 10.1 Å². The molecule has 1 unspecified atom stereocenters. The fourth-order valence-electron chi connectivity index (χ4n) is 1.34. The second-order valence-corrected chi connectivity index (χ2v) is 3.19. The van der Waals surface area contributed by atoms with Crippen molar-refractivity contribution in [2.24, 2.45) is 0 Å². The number of benzene rings is 1. The minimum Gasteiger partial charge on any atom is -0.480 e. The van der Waals surface area contributed by atoms with Gasteiger partial charge in [-0.1, -0.05) is 30.3 Å². The van der Waals surface area contributed by atoms with Gasteiger partial charge in [-0.05, 0) is 5.56 Å². The third-order valence-corrected chi connectivity index (χ3v) is 2.03. The van der Waals surface area contributed by atoms with Crippen LogP contribution in [0.15, 0.2) is 30.3 Å². The Morgan fingerprint density at radius 3 is 2.67 bits per heavy atom. The Morgan fingerprint density at radius 2 is 2.13 bits per heavy atom. The number of ether oxygens (including phenoxy) is 1. The average Bonchev–Trinajstić information content (AvgIpc) is 2.25. The molecule has 0 radical (unpaired) electrons. The number of rotatable bonds is 6. The van der Waals surface area contributed by atoms with Crippen LogP contribution in [0.4, 0.5) is 0 Å². The van der Waals surface area contributed by atoms with E-state index in [0.29, 0.717) is 6.61 Å². The van der Waals surface area contributed by atoms with E-state index in [1.807, 2.05) is 30.3 Å². The summed E-state index contributed by atoms with van der Waals surface area (Å²) < 4.78 is 5.04. The second kappa shape index (κ2) is 6.16. The van der Waals surface area contributed by atoms with E-state index >= 15 is 0 Å². The molecular weight excluding hydrogens is 194 g/mol. The van der Waals surface area contributed by atoms with Crippen LogP contribution in [0.2, 0.25) is 0 Å². The molecule has 4 nitrogen and oxygen atoms in total. The van der Waals surface area contributed by atoms with Crippen LogP contribution in [-0.4, -0.2) is 31.3 Å². The Labute approximate surface area is 88.9 Å². The summed E-state index contributed by atoms with van der Waals surface area (Å²) in [5.74, 6) is -0.868. The number of hydrogen-bond donors (Lipinski definition) is 2. The molecule has 1 aromatic carbocycles. The smallest absolute Gasteiger partial charge is 0.317 e. The van der Waals surface area contributed by atoms with Gasteiger partial charge in [-0.25, -0.2) is 0 Å². The Balaban J connectivity index is 2.61. The quantitative estimate of drug-likeness (QED) is 0.735. The van der Waals surface area contributed by atoms with Gasteiger partial charge in [0, 0.05) is 7.11 Å². The number of hydrogen-bond acceptors (Lipinski definition) is 3. The monoisotopic (exact) mass is 209 g/mol. The molecule has 0 fully saturated rings. The molecule has 1 atom stereocenters. The van der Waals surface area contributed by atoms with E-state index in [9.17, 15) is 4.79 Å². The number of carboxylic acids is 1. The molecule has 0 aliphatic heterocycles. The van der Waals surface area contributed by atoms with E-state index in [0.717, 1.165) is 5.56 Å². The lowest BCUT2D eigenvalue weighted by Crippen LogP contribution is -2.30. The van der Waals surface area contributed by atoms with Crippen LogP contribution in [0.3, 0.4) is 0 Å². The van der Waals surface area contributed by atoms with Gasteiger partial charge in [0.2, 0.25) is 0 Å². The molecule has 0 amide bonds. The first-order chi connectivity index (χ1) is 7.24. The molecule has 0 heterocycles. The molecule has 4 heteroatoms. The average molecular weight is 209 g/mol. The van der Waals surface area contributed by atoms with Gasteiger partial charge in [-0.15, -0.1) is 0 Å². The largest absolute Gasteiger partial charge is 0.480 e. The molecule has 1 rings (SSSR count). The summed E-state index contributed by atoms with van der Waals surface area (Å²) in [5.41, 5.74) is 1.03. The van der Waals surface area contributed by atoms with Crippen molar-refractivity contribution in [3.63, 3.8) is 0 Å². The van der Waals surface area contributed by atoms with Crippen LogP contribution in [0.25, 0.3) is 0 Å². The van der Waals surface area contributed by atoms with Crippen molar-refractivity contribution in [3.8, 4) is 0 Å². The van der Waals surface area contributed by atoms with E-state index in [-0.39, 0.29) is 12.6 Å². The summed E-state index contributed by atoms with van der Waals surface area (Å²) in [4.78, 5) is 10.4. The molecule has 0 spiro atoms. The maximum Gasteiger partial charge on any atom is 0.317 e. The Morgan fingerprint density at radius 1 is 1.47 bits per heavy atom. The number of carboxylic acid groups (broad SMARTS) is 1. The predicted molar refractivity (Wildman–Crippen MR) is 56.7 cm³/mol. The number of methoxy groups -OCH3 is 1. The number of nitrogens with one attached hydrogen (secondary N) is 1. The van der Waals surface area contributed by atoms with Gasteiger partial charge >= 0.3 is 5.97 Å². The summed E-state index contributed by atoms with van der Waals surface area (Å²) >= 11 is 0.